The van der Waals surface area contributed by atoms with Crippen molar-refractivity contribution in [3.63, 3.8) is 0 Å². The lowest BCUT2D eigenvalue weighted by Crippen LogP contribution is -2.40. The second kappa shape index (κ2) is 7.68. The normalized spacial score (nSPS) is 12.1. The highest BCUT2D eigenvalue weighted by Gasteiger charge is 2.23. The smallest absolute Gasteiger partial charge is 0.256 e. The molecule has 0 aliphatic heterocycles. The summed E-state index contributed by atoms with van der Waals surface area (Å²) in [5.74, 6) is -0.440. The van der Waals surface area contributed by atoms with Crippen molar-refractivity contribution in [1.82, 2.24) is 4.72 Å². The summed E-state index contributed by atoms with van der Waals surface area (Å²) in [6.07, 6.45) is 0. The van der Waals surface area contributed by atoms with Gasteiger partial charge < -0.3 is 5.32 Å². The number of benzene rings is 2. The zero-order valence-corrected chi connectivity index (χ0v) is 18.0. The van der Waals surface area contributed by atoms with Crippen LogP contribution >= 0.6 is 27.5 Å². The molecule has 0 atom stereocenters. The maximum atomic E-state index is 12.6. The zero-order valence-electron chi connectivity index (χ0n) is 14.9. The lowest BCUT2D eigenvalue weighted by Gasteiger charge is -2.20. The molecule has 2 rings (SSSR count). The van der Waals surface area contributed by atoms with Crippen molar-refractivity contribution in [3.8, 4) is 0 Å². The van der Waals surface area contributed by atoms with E-state index in [2.05, 4.69) is 26.0 Å². The van der Waals surface area contributed by atoms with Gasteiger partial charge in [-0.2, -0.15) is 0 Å². The van der Waals surface area contributed by atoms with Gasteiger partial charge in [-0.15, -0.1) is 0 Å². The second-order valence-electron chi connectivity index (χ2n) is 6.92. The Labute approximate surface area is 167 Å². The number of rotatable bonds is 4. The molecule has 26 heavy (non-hydrogen) atoms. The molecule has 2 N–H and O–H groups in total. The molecule has 2 aromatic rings. The van der Waals surface area contributed by atoms with Crippen LogP contribution in [0.3, 0.4) is 0 Å². The highest BCUT2D eigenvalue weighted by Crippen LogP contribution is 2.25. The van der Waals surface area contributed by atoms with Crippen LogP contribution in [0.4, 0.5) is 5.69 Å². The van der Waals surface area contributed by atoms with E-state index < -0.39 is 21.5 Å². The van der Waals surface area contributed by atoms with E-state index in [-0.39, 0.29) is 10.5 Å². The molecule has 8 heteroatoms. The highest BCUT2D eigenvalue weighted by atomic mass is 79.9. The molecule has 140 valence electrons. The first-order valence-electron chi connectivity index (χ1n) is 7.80. The molecule has 0 aromatic heterocycles. The van der Waals surface area contributed by atoms with Gasteiger partial charge in [0.1, 0.15) is 0 Å². The molecular weight excluding hydrogens is 440 g/mol. The van der Waals surface area contributed by atoms with Gasteiger partial charge >= 0.3 is 0 Å². The van der Waals surface area contributed by atoms with Gasteiger partial charge in [0, 0.05) is 20.7 Å². The number of carbonyl (C=O) groups excluding carboxylic acids is 1. The van der Waals surface area contributed by atoms with Crippen molar-refractivity contribution in [2.24, 2.45) is 0 Å². The Balaban J connectivity index is 2.34. The summed E-state index contributed by atoms with van der Waals surface area (Å²) in [4.78, 5) is 12.6. The Hall–Kier alpha value is -1.41. The average Bonchev–Trinajstić information content (AvgIpc) is 2.48. The number of carbonyl (C=O) groups is 1. The first-order chi connectivity index (χ1) is 11.9. The van der Waals surface area contributed by atoms with Crippen LogP contribution in [0, 0.1) is 6.92 Å². The molecular formula is C18H20BrClN2O3S. The summed E-state index contributed by atoms with van der Waals surface area (Å²) in [7, 11) is -3.75. The van der Waals surface area contributed by atoms with Crippen molar-refractivity contribution in [2.45, 2.75) is 38.1 Å². The second-order valence-corrected chi connectivity index (χ2v) is 9.86. The van der Waals surface area contributed by atoms with Gasteiger partial charge in [-0.05, 0) is 79.5 Å². The maximum Gasteiger partial charge on any atom is 0.256 e. The molecule has 1 amide bonds. The van der Waals surface area contributed by atoms with Crippen molar-refractivity contribution in [2.75, 3.05) is 5.32 Å². The Morgan fingerprint density at radius 2 is 1.77 bits per heavy atom. The number of aryl methyl sites for hydroxylation is 1. The Morgan fingerprint density at radius 1 is 1.12 bits per heavy atom. The lowest BCUT2D eigenvalue weighted by molar-refractivity contribution is 0.102. The largest absolute Gasteiger partial charge is 0.322 e. The van der Waals surface area contributed by atoms with E-state index in [1.807, 2.05) is 6.92 Å². The zero-order chi connectivity index (χ0) is 19.7. The summed E-state index contributed by atoms with van der Waals surface area (Å²) in [6, 6.07) is 9.48. The molecule has 0 fully saturated rings. The number of hydrogen-bond donors (Lipinski definition) is 2. The van der Waals surface area contributed by atoms with Gasteiger partial charge in [0.2, 0.25) is 10.0 Å². The number of halogens is 2. The predicted molar refractivity (Wildman–Crippen MR) is 108 cm³/mol. The summed E-state index contributed by atoms with van der Waals surface area (Å²) in [5, 5.41) is 3.26. The first kappa shape index (κ1) is 20.9. The van der Waals surface area contributed by atoms with Crippen LogP contribution in [-0.2, 0) is 10.0 Å². The third-order valence-electron chi connectivity index (χ3n) is 3.36. The molecule has 0 spiro atoms. The van der Waals surface area contributed by atoms with E-state index in [9.17, 15) is 13.2 Å². The van der Waals surface area contributed by atoms with E-state index in [4.69, 9.17) is 11.6 Å². The van der Waals surface area contributed by atoms with E-state index in [0.29, 0.717) is 15.2 Å². The van der Waals surface area contributed by atoms with Crippen molar-refractivity contribution >= 4 is 49.1 Å². The van der Waals surface area contributed by atoms with Gasteiger partial charge in [-0.1, -0.05) is 17.7 Å². The lowest BCUT2D eigenvalue weighted by atomic mass is 10.1. The van der Waals surface area contributed by atoms with Crippen LogP contribution in [-0.4, -0.2) is 19.9 Å². The minimum atomic E-state index is -3.75. The molecule has 0 radical (unpaired) electrons. The van der Waals surface area contributed by atoms with Gasteiger partial charge in [0.05, 0.1) is 10.5 Å². The molecule has 2 aromatic carbocycles. The van der Waals surface area contributed by atoms with Crippen molar-refractivity contribution < 1.29 is 13.2 Å². The van der Waals surface area contributed by atoms with Gasteiger partial charge in [-0.25, -0.2) is 13.1 Å². The van der Waals surface area contributed by atoms with E-state index in [0.717, 1.165) is 5.56 Å². The van der Waals surface area contributed by atoms with Crippen LogP contribution in [0.2, 0.25) is 5.02 Å². The van der Waals surface area contributed by atoms with Gasteiger partial charge in [-0.3, -0.25) is 4.79 Å². The number of sulfonamides is 1. The quantitative estimate of drug-likeness (QED) is 0.693. The summed E-state index contributed by atoms with van der Waals surface area (Å²) in [6.45, 7) is 7.11. The third-order valence-corrected chi connectivity index (χ3v) is 6.22. The van der Waals surface area contributed by atoms with Crippen LogP contribution in [0.5, 0.6) is 0 Å². The van der Waals surface area contributed by atoms with Gasteiger partial charge in [0.25, 0.3) is 5.91 Å². The number of nitrogens with one attached hydrogen (secondary N) is 2. The van der Waals surface area contributed by atoms with Crippen LogP contribution in [0.25, 0.3) is 0 Å². The Kier molecular flexibility index (Phi) is 6.17. The minimum absolute atomic E-state index is 0.0164. The molecule has 0 unspecified atom stereocenters. The minimum Gasteiger partial charge on any atom is -0.322 e. The number of anilines is 1. The van der Waals surface area contributed by atoms with Crippen LogP contribution in [0.1, 0.15) is 36.7 Å². The molecule has 0 saturated heterocycles. The fourth-order valence-electron chi connectivity index (χ4n) is 2.18. The SMILES string of the molecule is Cc1ccc(NC(=O)c2cc(S(=O)(=O)NC(C)(C)C)ccc2Br)cc1Cl. The summed E-state index contributed by atoms with van der Waals surface area (Å²) >= 11 is 9.37. The number of amides is 1. The van der Waals surface area contributed by atoms with E-state index in [1.165, 1.54) is 18.2 Å². The summed E-state index contributed by atoms with van der Waals surface area (Å²) in [5.41, 5.74) is 0.997. The molecule has 0 aliphatic carbocycles. The highest BCUT2D eigenvalue weighted by molar-refractivity contribution is 9.10. The predicted octanol–water partition coefficient (Wildman–Crippen LogP) is 4.74. The van der Waals surface area contributed by atoms with Crippen molar-refractivity contribution in [3.05, 3.63) is 57.0 Å². The fraction of sp³-hybridized carbons (Fsp3) is 0.278. The molecule has 0 saturated carbocycles. The van der Waals surface area contributed by atoms with Crippen molar-refractivity contribution in [1.29, 1.82) is 0 Å². The molecule has 0 heterocycles. The van der Waals surface area contributed by atoms with Gasteiger partial charge in [0.15, 0.2) is 0 Å². The third kappa shape index (κ3) is 5.30. The number of hydrogen-bond acceptors (Lipinski definition) is 3. The molecule has 0 aliphatic rings. The van der Waals surface area contributed by atoms with E-state index in [1.54, 1.807) is 39.0 Å². The monoisotopic (exact) mass is 458 g/mol. The fourth-order valence-corrected chi connectivity index (χ4v) is 4.23. The average molecular weight is 460 g/mol. The summed E-state index contributed by atoms with van der Waals surface area (Å²) < 4.78 is 28.1. The molecule has 5 nitrogen and oxygen atoms in total. The van der Waals surface area contributed by atoms with E-state index >= 15 is 0 Å². The first-order valence-corrected chi connectivity index (χ1v) is 10.5. The standard InChI is InChI=1S/C18H20BrClN2O3S/c1-11-5-6-12(9-16(11)20)21-17(23)14-10-13(7-8-15(14)19)26(24,25)22-18(2,3)4/h5-10,22H,1-4H3,(H,21,23). The maximum absolute atomic E-state index is 12.6. The van der Waals surface area contributed by atoms with Crippen LogP contribution in [0.15, 0.2) is 45.8 Å². The molecule has 0 bridgehead atoms. The Bertz CT molecular complexity index is 953. The topological polar surface area (TPSA) is 75.3 Å². The Morgan fingerprint density at radius 3 is 2.35 bits per heavy atom. The van der Waals surface area contributed by atoms with Crippen LogP contribution < -0.4 is 10.0 Å².